The zero-order valence-electron chi connectivity index (χ0n) is 6.13. The highest BCUT2D eigenvalue weighted by atomic mass is 16.5. The average molecular weight is 147 g/mol. The molecular formula is C9H9NO. The first-order valence-corrected chi connectivity index (χ1v) is 3.53. The molecular weight excluding hydrogens is 138 g/mol. The first-order chi connectivity index (χ1) is 5.36. The fraction of sp³-hybridized carbons (Fsp3) is 0.111. The second-order valence-corrected chi connectivity index (χ2v) is 2.51. The van der Waals surface area contributed by atoms with Gasteiger partial charge in [-0.1, -0.05) is 18.7 Å². The molecule has 1 aromatic carbocycles. The lowest BCUT2D eigenvalue weighted by molar-refractivity contribution is 0.346. The molecule has 1 aliphatic heterocycles. The predicted octanol–water partition coefficient (Wildman–Crippen LogP) is 2.00. The topological polar surface area (TPSA) is 21.3 Å². The van der Waals surface area contributed by atoms with Gasteiger partial charge in [-0.05, 0) is 12.1 Å². The summed E-state index contributed by atoms with van der Waals surface area (Å²) in [5, 5.41) is 3.14. The molecule has 0 aliphatic carbocycles. The minimum absolute atomic E-state index is 0.566. The number of anilines is 1. The predicted molar refractivity (Wildman–Crippen MR) is 44.7 cm³/mol. The van der Waals surface area contributed by atoms with Crippen LogP contribution in [0.2, 0.25) is 0 Å². The molecule has 0 bridgehead atoms. The molecule has 0 saturated carbocycles. The Hall–Kier alpha value is -1.44. The van der Waals surface area contributed by atoms with Gasteiger partial charge in [-0.3, -0.25) is 0 Å². The molecule has 1 heterocycles. The quantitative estimate of drug-likeness (QED) is 0.606. The van der Waals surface area contributed by atoms with Crippen molar-refractivity contribution < 1.29 is 4.74 Å². The van der Waals surface area contributed by atoms with Gasteiger partial charge in [0.15, 0.2) is 0 Å². The molecule has 0 spiro atoms. The zero-order valence-corrected chi connectivity index (χ0v) is 6.13. The van der Waals surface area contributed by atoms with E-state index in [1.165, 1.54) is 0 Å². The highest BCUT2D eigenvalue weighted by Gasteiger charge is 2.09. The molecule has 2 nitrogen and oxygen atoms in total. The second kappa shape index (κ2) is 2.31. The van der Waals surface area contributed by atoms with Crippen molar-refractivity contribution in [1.29, 1.82) is 0 Å². The van der Waals surface area contributed by atoms with Crippen molar-refractivity contribution in [3.63, 3.8) is 0 Å². The third-order valence-electron chi connectivity index (χ3n) is 1.60. The lowest BCUT2D eigenvalue weighted by Gasteiger charge is -2.20. The Morgan fingerprint density at radius 3 is 3.09 bits per heavy atom. The van der Waals surface area contributed by atoms with Crippen molar-refractivity contribution in [1.82, 2.24) is 0 Å². The number of rotatable bonds is 0. The van der Waals surface area contributed by atoms with E-state index >= 15 is 0 Å². The number of nitrogens with one attached hydrogen (secondary N) is 1. The molecule has 0 radical (unpaired) electrons. The molecule has 2 rings (SSSR count). The normalized spacial score (nSPS) is 14.7. The summed E-state index contributed by atoms with van der Waals surface area (Å²) in [4.78, 5) is 0. The molecule has 2 heteroatoms. The Kier molecular flexibility index (Phi) is 1.32. The van der Waals surface area contributed by atoms with Crippen molar-refractivity contribution >= 4 is 5.69 Å². The summed E-state index contributed by atoms with van der Waals surface area (Å²) in [5.74, 6) is 0.903. The van der Waals surface area contributed by atoms with Gasteiger partial charge in [-0.15, -0.1) is 0 Å². The zero-order chi connectivity index (χ0) is 7.68. The van der Waals surface area contributed by atoms with Crippen LogP contribution in [0.4, 0.5) is 5.69 Å². The van der Waals surface area contributed by atoms with Gasteiger partial charge in [0.2, 0.25) is 0 Å². The molecule has 0 fully saturated rings. The molecule has 0 atom stereocenters. The van der Waals surface area contributed by atoms with E-state index in [-0.39, 0.29) is 0 Å². The molecule has 0 amide bonds. The summed E-state index contributed by atoms with van der Waals surface area (Å²) in [5.41, 5.74) is 1.91. The van der Waals surface area contributed by atoms with Crippen LogP contribution in [0.1, 0.15) is 0 Å². The Morgan fingerprint density at radius 1 is 1.36 bits per heavy atom. The van der Waals surface area contributed by atoms with Crippen LogP contribution in [0.25, 0.3) is 0 Å². The summed E-state index contributed by atoms with van der Waals surface area (Å²) in [6.45, 7) is 4.34. The average Bonchev–Trinajstić information content (AvgIpc) is 2.04. The summed E-state index contributed by atoms with van der Waals surface area (Å²) >= 11 is 0. The van der Waals surface area contributed by atoms with E-state index in [0.717, 1.165) is 17.1 Å². The minimum atomic E-state index is 0.566. The molecule has 1 aromatic rings. The first-order valence-electron chi connectivity index (χ1n) is 3.53. The Morgan fingerprint density at radius 2 is 2.18 bits per heavy atom. The molecule has 0 unspecified atom stereocenters. The Balaban J connectivity index is 2.41. The molecule has 0 saturated heterocycles. The highest BCUT2D eigenvalue weighted by molar-refractivity contribution is 5.61. The summed E-state index contributed by atoms with van der Waals surface area (Å²) < 4.78 is 5.37. The number of fused-ring (bicyclic) bond motifs is 1. The van der Waals surface area contributed by atoms with E-state index in [2.05, 4.69) is 11.9 Å². The number of benzene rings is 1. The fourth-order valence-electron chi connectivity index (χ4n) is 1.09. The molecule has 1 aliphatic rings. The monoisotopic (exact) mass is 147 g/mol. The van der Waals surface area contributed by atoms with E-state index in [9.17, 15) is 0 Å². The maximum Gasteiger partial charge on any atom is 0.143 e. The summed E-state index contributed by atoms with van der Waals surface area (Å²) in [6.07, 6.45) is 0. The number of ether oxygens (including phenoxy) is 1. The van der Waals surface area contributed by atoms with Gasteiger partial charge in [0, 0.05) is 5.70 Å². The van der Waals surface area contributed by atoms with Crippen molar-refractivity contribution in [2.24, 2.45) is 0 Å². The SMILES string of the molecule is C=C1COc2ccccc2N1. The molecule has 56 valence electrons. The second-order valence-electron chi connectivity index (χ2n) is 2.51. The summed E-state index contributed by atoms with van der Waals surface area (Å²) in [7, 11) is 0. The van der Waals surface area contributed by atoms with Gasteiger partial charge >= 0.3 is 0 Å². The van der Waals surface area contributed by atoms with Crippen molar-refractivity contribution in [3.05, 3.63) is 36.5 Å². The largest absolute Gasteiger partial charge is 0.485 e. The lowest BCUT2D eigenvalue weighted by Crippen LogP contribution is -2.14. The Labute approximate surface area is 65.5 Å². The van der Waals surface area contributed by atoms with Gasteiger partial charge in [0.1, 0.15) is 12.4 Å². The van der Waals surface area contributed by atoms with Crippen LogP contribution in [0.15, 0.2) is 36.5 Å². The fourth-order valence-corrected chi connectivity index (χ4v) is 1.09. The van der Waals surface area contributed by atoms with Crippen LogP contribution in [-0.2, 0) is 0 Å². The number of para-hydroxylation sites is 2. The number of hydrogen-bond acceptors (Lipinski definition) is 2. The number of hydrogen-bond donors (Lipinski definition) is 1. The third-order valence-corrected chi connectivity index (χ3v) is 1.60. The van der Waals surface area contributed by atoms with Crippen molar-refractivity contribution in [2.45, 2.75) is 0 Å². The van der Waals surface area contributed by atoms with Crippen LogP contribution < -0.4 is 10.1 Å². The first kappa shape index (κ1) is 6.28. The van der Waals surface area contributed by atoms with Crippen LogP contribution in [0, 0.1) is 0 Å². The van der Waals surface area contributed by atoms with E-state index in [0.29, 0.717) is 6.61 Å². The van der Waals surface area contributed by atoms with Crippen molar-refractivity contribution in [2.75, 3.05) is 11.9 Å². The van der Waals surface area contributed by atoms with Gasteiger partial charge in [0.05, 0.1) is 5.69 Å². The van der Waals surface area contributed by atoms with Crippen LogP contribution in [0.5, 0.6) is 5.75 Å². The standard InChI is InChI=1S/C9H9NO/c1-7-6-11-9-5-3-2-4-8(9)10-7/h2-5,10H,1,6H2. The minimum Gasteiger partial charge on any atom is -0.485 e. The van der Waals surface area contributed by atoms with E-state index in [1.54, 1.807) is 0 Å². The summed E-state index contributed by atoms with van der Waals surface area (Å²) in [6, 6.07) is 7.83. The molecule has 11 heavy (non-hydrogen) atoms. The van der Waals surface area contributed by atoms with E-state index in [4.69, 9.17) is 4.74 Å². The maximum atomic E-state index is 5.37. The molecule has 1 N–H and O–H groups in total. The van der Waals surface area contributed by atoms with Gasteiger partial charge in [0.25, 0.3) is 0 Å². The van der Waals surface area contributed by atoms with Crippen LogP contribution in [-0.4, -0.2) is 6.61 Å². The third kappa shape index (κ3) is 1.07. The highest BCUT2D eigenvalue weighted by Crippen LogP contribution is 2.28. The Bertz CT molecular complexity index is 293. The van der Waals surface area contributed by atoms with E-state index < -0.39 is 0 Å². The van der Waals surface area contributed by atoms with Crippen LogP contribution >= 0.6 is 0 Å². The van der Waals surface area contributed by atoms with E-state index in [1.807, 2.05) is 24.3 Å². The smallest absolute Gasteiger partial charge is 0.143 e. The van der Waals surface area contributed by atoms with Crippen LogP contribution in [0.3, 0.4) is 0 Å². The van der Waals surface area contributed by atoms with Gasteiger partial charge in [-0.2, -0.15) is 0 Å². The van der Waals surface area contributed by atoms with Gasteiger partial charge < -0.3 is 10.1 Å². The molecule has 0 aromatic heterocycles. The van der Waals surface area contributed by atoms with Crippen molar-refractivity contribution in [3.8, 4) is 5.75 Å². The lowest BCUT2D eigenvalue weighted by atomic mass is 10.2. The maximum absolute atomic E-state index is 5.37. The van der Waals surface area contributed by atoms with Gasteiger partial charge in [-0.25, -0.2) is 0 Å².